The highest BCUT2D eigenvalue weighted by Crippen LogP contribution is 2.27. The normalized spacial score (nSPS) is 12.2. The van der Waals surface area contributed by atoms with E-state index in [1.165, 1.54) is 12.1 Å². The number of aliphatic carboxylic acids is 1. The number of halogens is 1. The van der Waals surface area contributed by atoms with Crippen LogP contribution < -0.4 is 4.74 Å². The average molecular weight is 244 g/mol. The van der Waals surface area contributed by atoms with E-state index < -0.39 is 17.0 Å². The molecule has 0 amide bonds. The standard InChI is InChI=1S/C11H13FO3S/c1-3-15-10-5-4-8(6-9(10)12)16-7(2)11(13)14/h4-7H,3H2,1-2H3,(H,13,14). The van der Waals surface area contributed by atoms with Gasteiger partial charge in [-0.3, -0.25) is 4.79 Å². The minimum Gasteiger partial charge on any atom is -0.491 e. The first-order chi connectivity index (χ1) is 7.54. The zero-order chi connectivity index (χ0) is 12.1. The zero-order valence-corrected chi connectivity index (χ0v) is 9.88. The third kappa shape index (κ3) is 3.41. The molecule has 1 unspecified atom stereocenters. The molecular weight excluding hydrogens is 231 g/mol. The van der Waals surface area contributed by atoms with Crippen LogP contribution in [0.2, 0.25) is 0 Å². The number of carboxylic acid groups (broad SMARTS) is 1. The van der Waals surface area contributed by atoms with Crippen molar-refractivity contribution in [1.82, 2.24) is 0 Å². The summed E-state index contributed by atoms with van der Waals surface area (Å²) in [5.74, 6) is -1.20. The number of benzene rings is 1. The molecule has 5 heteroatoms. The van der Waals surface area contributed by atoms with E-state index >= 15 is 0 Å². The summed E-state index contributed by atoms with van der Waals surface area (Å²) in [4.78, 5) is 11.2. The van der Waals surface area contributed by atoms with E-state index in [4.69, 9.17) is 9.84 Å². The Labute approximate surface area is 97.6 Å². The van der Waals surface area contributed by atoms with E-state index in [9.17, 15) is 9.18 Å². The van der Waals surface area contributed by atoms with Crippen molar-refractivity contribution >= 4 is 17.7 Å². The van der Waals surface area contributed by atoms with Crippen LogP contribution in [0.3, 0.4) is 0 Å². The van der Waals surface area contributed by atoms with Gasteiger partial charge in [0, 0.05) is 4.90 Å². The fraction of sp³-hybridized carbons (Fsp3) is 0.364. The molecule has 0 aliphatic heterocycles. The van der Waals surface area contributed by atoms with Crippen molar-refractivity contribution in [3.63, 3.8) is 0 Å². The Hall–Kier alpha value is -1.23. The maximum atomic E-state index is 13.4. The van der Waals surface area contributed by atoms with Crippen LogP contribution in [-0.2, 0) is 4.79 Å². The lowest BCUT2D eigenvalue weighted by atomic mass is 10.3. The smallest absolute Gasteiger partial charge is 0.316 e. The lowest BCUT2D eigenvalue weighted by Crippen LogP contribution is -2.11. The molecule has 3 nitrogen and oxygen atoms in total. The Bertz CT molecular complexity index is 381. The fourth-order valence-electron chi connectivity index (χ4n) is 1.08. The third-order valence-electron chi connectivity index (χ3n) is 1.86. The van der Waals surface area contributed by atoms with E-state index in [1.54, 1.807) is 19.9 Å². The Morgan fingerprint density at radius 1 is 1.62 bits per heavy atom. The molecule has 0 saturated heterocycles. The van der Waals surface area contributed by atoms with E-state index in [1.807, 2.05) is 0 Å². The number of carboxylic acids is 1. The number of thioether (sulfide) groups is 1. The lowest BCUT2D eigenvalue weighted by molar-refractivity contribution is -0.136. The summed E-state index contributed by atoms with van der Waals surface area (Å²) in [6, 6.07) is 4.45. The second-order valence-electron chi connectivity index (χ2n) is 3.12. The van der Waals surface area contributed by atoms with Gasteiger partial charge in [-0.1, -0.05) is 0 Å². The van der Waals surface area contributed by atoms with Crippen molar-refractivity contribution in [2.75, 3.05) is 6.61 Å². The molecule has 1 aromatic rings. The molecule has 0 spiro atoms. The molecule has 0 saturated carbocycles. The first-order valence-corrected chi connectivity index (χ1v) is 5.74. The molecule has 1 N–H and O–H groups in total. The van der Waals surface area contributed by atoms with Crippen molar-refractivity contribution < 1.29 is 19.0 Å². The van der Waals surface area contributed by atoms with Crippen LogP contribution in [0.25, 0.3) is 0 Å². The molecule has 88 valence electrons. The van der Waals surface area contributed by atoms with E-state index in [-0.39, 0.29) is 5.75 Å². The SMILES string of the molecule is CCOc1ccc(SC(C)C(=O)O)cc1F. The van der Waals surface area contributed by atoms with Crippen LogP contribution >= 0.6 is 11.8 Å². The predicted molar refractivity (Wildman–Crippen MR) is 60.5 cm³/mol. The van der Waals surface area contributed by atoms with Gasteiger partial charge in [0.15, 0.2) is 11.6 Å². The van der Waals surface area contributed by atoms with Gasteiger partial charge in [-0.2, -0.15) is 0 Å². The number of hydrogen-bond donors (Lipinski definition) is 1. The van der Waals surface area contributed by atoms with Gasteiger partial charge in [-0.15, -0.1) is 11.8 Å². The molecule has 0 aliphatic carbocycles. The molecule has 16 heavy (non-hydrogen) atoms. The molecule has 0 heterocycles. The molecular formula is C11H13FO3S. The monoisotopic (exact) mass is 244 g/mol. The van der Waals surface area contributed by atoms with E-state index in [2.05, 4.69) is 0 Å². The van der Waals surface area contributed by atoms with Gasteiger partial charge >= 0.3 is 5.97 Å². The second kappa shape index (κ2) is 5.75. The largest absolute Gasteiger partial charge is 0.491 e. The van der Waals surface area contributed by atoms with E-state index in [0.717, 1.165) is 11.8 Å². The minimum atomic E-state index is -0.917. The van der Waals surface area contributed by atoms with Gasteiger partial charge in [0.05, 0.1) is 6.61 Å². The Morgan fingerprint density at radius 3 is 2.81 bits per heavy atom. The van der Waals surface area contributed by atoms with Crippen molar-refractivity contribution in [3.8, 4) is 5.75 Å². The van der Waals surface area contributed by atoms with Crippen molar-refractivity contribution in [3.05, 3.63) is 24.0 Å². The second-order valence-corrected chi connectivity index (χ2v) is 4.54. The number of hydrogen-bond acceptors (Lipinski definition) is 3. The van der Waals surface area contributed by atoms with Gasteiger partial charge < -0.3 is 9.84 Å². The minimum absolute atomic E-state index is 0.190. The summed E-state index contributed by atoms with van der Waals surface area (Å²) >= 11 is 1.10. The van der Waals surface area contributed by atoms with Gasteiger partial charge in [-0.25, -0.2) is 4.39 Å². The van der Waals surface area contributed by atoms with Crippen LogP contribution in [0, 0.1) is 5.82 Å². The number of carbonyl (C=O) groups is 1. The highest BCUT2D eigenvalue weighted by molar-refractivity contribution is 8.00. The summed E-state index contributed by atoms with van der Waals surface area (Å²) < 4.78 is 18.4. The maximum absolute atomic E-state index is 13.4. The molecule has 0 aliphatic rings. The molecule has 1 atom stereocenters. The Kier molecular flexibility index (Phi) is 4.61. The maximum Gasteiger partial charge on any atom is 0.316 e. The molecule has 0 fully saturated rings. The molecule has 0 aromatic heterocycles. The summed E-state index contributed by atoms with van der Waals surface area (Å²) in [5, 5.41) is 8.11. The van der Waals surface area contributed by atoms with Crippen molar-refractivity contribution in [2.24, 2.45) is 0 Å². The van der Waals surface area contributed by atoms with Gasteiger partial charge in [0.1, 0.15) is 5.25 Å². The summed E-state index contributed by atoms with van der Waals surface area (Å²) in [5.41, 5.74) is 0. The van der Waals surface area contributed by atoms with Crippen molar-refractivity contribution in [2.45, 2.75) is 24.0 Å². The van der Waals surface area contributed by atoms with Gasteiger partial charge in [0.25, 0.3) is 0 Å². The summed E-state index contributed by atoms with van der Waals surface area (Å²) in [7, 11) is 0. The average Bonchev–Trinajstić information content (AvgIpc) is 2.22. The quantitative estimate of drug-likeness (QED) is 0.809. The summed E-state index contributed by atoms with van der Waals surface area (Å²) in [6.45, 7) is 3.73. The van der Waals surface area contributed by atoms with E-state index in [0.29, 0.717) is 11.5 Å². The summed E-state index contributed by atoms with van der Waals surface area (Å²) in [6.07, 6.45) is 0. The van der Waals surface area contributed by atoms with Crippen LogP contribution in [-0.4, -0.2) is 22.9 Å². The van der Waals surface area contributed by atoms with Gasteiger partial charge in [-0.05, 0) is 32.0 Å². The molecule has 0 radical (unpaired) electrons. The zero-order valence-electron chi connectivity index (χ0n) is 9.07. The van der Waals surface area contributed by atoms with Crippen LogP contribution in [0.4, 0.5) is 4.39 Å². The first kappa shape index (κ1) is 12.8. The Balaban J connectivity index is 2.77. The van der Waals surface area contributed by atoms with Crippen molar-refractivity contribution in [1.29, 1.82) is 0 Å². The molecule has 1 rings (SSSR count). The van der Waals surface area contributed by atoms with Crippen LogP contribution in [0.1, 0.15) is 13.8 Å². The topological polar surface area (TPSA) is 46.5 Å². The highest BCUT2D eigenvalue weighted by atomic mass is 32.2. The Morgan fingerprint density at radius 2 is 2.31 bits per heavy atom. The molecule has 1 aromatic carbocycles. The first-order valence-electron chi connectivity index (χ1n) is 4.86. The number of ether oxygens (including phenoxy) is 1. The van der Waals surface area contributed by atoms with Crippen LogP contribution in [0.5, 0.6) is 5.75 Å². The highest BCUT2D eigenvalue weighted by Gasteiger charge is 2.13. The number of rotatable bonds is 5. The lowest BCUT2D eigenvalue weighted by Gasteiger charge is -2.08. The van der Waals surface area contributed by atoms with Gasteiger partial charge in [0.2, 0.25) is 0 Å². The fourth-order valence-corrected chi connectivity index (χ4v) is 1.91. The van der Waals surface area contributed by atoms with Crippen LogP contribution in [0.15, 0.2) is 23.1 Å². The predicted octanol–water partition coefficient (Wildman–Crippen LogP) is 2.79. The third-order valence-corrected chi connectivity index (χ3v) is 2.95. The molecule has 0 bridgehead atoms.